The molecule has 0 atom stereocenters. The molecule has 4 nitrogen and oxygen atoms in total. The van der Waals surface area contributed by atoms with Gasteiger partial charge in [-0.05, 0) is 35.0 Å². The van der Waals surface area contributed by atoms with Gasteiger partial charge in [0.25, 0.3) is 5.56 Å². The zero-order valence-electron chi connectivity index (χ0n) is 9.73. The fourth-order valence-electron chi connectivity index (χ4n) is 1.93. The molecule has 0 saturated heterocycles. The standard InChI is InChI=1S/C12H9BrN2O2S/c1-6-10(13)18-12-14-9-7(11(16)15(6)12)4-3-5-8(9)17-2/h3-5H,1-2H3. The highest BCUT2D eigenvalue weighted by atomic mass is 79.9. The van der Waals surface area contributed by atoms with Gasteiger partial charge in [0.1, 0.15) is 11.3 Å². The molecule has 3 aromatic rings. The third kappa shape index (κ3) is 1.49. The van der Waals surface area contributed by atoms with Crippen molar-refractivity contribution in [3.8, 4) is 5.75 Å². The van der Waals surface area contributed by atoms with E-state index in [4.69, 9.17) is 4.74 Å². The number of methoxy groups -OCH3 is 1. The van der Waals surface area contributed by atoms with Gasteiger partial charge < -0.3 is 4.74 Å². The molecule has 18 heavy (non-hydrogen) atoms. The summed E-state index contributed by atoms with van der Waals surface area (Å²) in [7, 11) is 1.58. The minimum absolute atomic E-state index is 0.0617. The van der Waals surface area contributed by atoms with Crippen molar-refractivity contribution in [2.75, 3.05) is 7.11 Å². The molecule has 0 aliphatic rings. The lowest BCUT2D eigenvalue weighted by Crippen LogP contribution is -2.15. The Balaban J connectivity index is 2.60. The highest BCUT2D eigenvalue weighted by Gasteiger charge is 2.14. The van der Waals surface area contributed by atoms with Crippen molar-refractivity contribution in [1.29, 1.82) is 0 Å². The van der Waals surface area contributed by atoms with E-state index < -0.39 is 0 Å². The first-order valence-corrected chi connectivity index (χ1v) is 6.89. The predicted molar refractivity (Wildman–Crippen MR) is 75.8 cm³/mol. The fraction of sp³-hybridized carbons (Fsp3) is 0.167. The number of hydrogen-bond donors (Lipinski definition) is 0. The van der Waals surface area contributed by atoms with Crippen molar-refractivity contribution in [3.63, 3.8) is 0 Å². The maximum atomic E-state index is 12.4. The Morgan fingerprint density at radius 1 is 1.44 bits per heavy atom. The summed E-state index contributed by atoms with van der Waals surface area (Å²) in [6, 6.07) is 5.37. The van der Waals surface area contributed by atoms with Crippen LogP contribution in [-0.2, 0) is 0 Å². The number of para-hydroxylation sites is 1. The maximum Gasteiger partial charge on any atom is 0.266 e. The minimum atomic E-state index is -0.0617. The number of hydrogen-bond acceptors (Lipinski definition) is 4. The number of halogens is 1. The number of benzene rings is 1. The van der Waals surface area contributed by atoms with E-state index in [-0.39, 0.29) is 5.56 Å². The fourth-order valence-corrected chi connectivity index (χ4v) is 3.39. The van der Waals surface area contributed by atoms with Gasteiger partial charge in [-0.2, -0.15) is 0 Å². The van der Waals surface area contributed by atoms with Crippen molar-refractivity contribution >= 4 is 43.1 Å². The van der Waals surface area contributed by atoms with Crippen LogP contribution in [0.1, 0.15) is 5.69 Å². The van der Waals surface area contributed by atoms with Crippen LogP contribution in [0.3, 0.4) is 0 Å². The average Bonchev–Trinajstić information content (AvgIpc) is 2.65. The Hall–Kier alpha value is -1.40. The molecule has 0 saturated carbocycles. The van der Waals surface area contributed by atoms with E-state index in [0.29, 0.717) is 21.6 Å². The summed E-state index contributed by atoms with van der Waals surface area (Å²) in [4.78, 5) is 17.6. The molecule has 2 aromatic heterocycles. The Labute approximate surface area is 115 Å². The van der Waals surface area contributed by atoms with E-state index in [2.05, 4.69) is 20.9 Å². The number of fused-ring (bicyclic) bond motifs is 2. The van der Waals surface area contributed by atoms with Crippen LogP contribution in [0, 0.1) is 6.92 Å². The van der Waals surface area contributed by atoms with Crippen molar-refractivity contribution in [2.24, 2.45) is 0 Å². The van der Waals surface area contributed by atoms with Gasteiger partial charge in [0, 0.05) is 5.69 Å². The second-order valence-electron chi connectivity index (χ2n) is 3.85. The molecule has 6 heteroatoms. The number of rotatable bonds is 1. The first-order chi connectivity index (χ1) is 8.63. The molecule has 0 amide bonds. The van der Waals surface area contributed by atoms with Crippen LogP contribution in [0.5, 0.6) is 5.75 Å². The van der Waals surface area contributed by atoms with Crippen molar-refractivity contribution in [2.45, 2.75) is 6.92 Å². The Bertz CT molecular complexity index is 822. The molecular formula is C12H9BrN2O2S. The number of aryl methyl sites for hydroxylation is 1. The van der Waals surface area contributed by atoms with Gasteiger partial charge >= 0.3 is 0 Å². The van der Waals surface area contributed by atoms with E-state index >= 15 is 0 Å². The third-order valence-corrected chi connectivity index (χ3v) is 4.84. The lowest BCUT2D eigenvalue weighted by molar-refractivity contribution is 0.419. The van der Waals surface area contributed by atoms with Gasteiger partial charge in [0.2, 0.25) is 0 Å². The molecule has 0 unspecified atom stereocenters. The number of nitrogens with zero attached hydrogens (tertiary/aromatic N) is 2. The zero-order valence-corrected chi connectivity index (χ0v) is 12.1. The summed E-state index contributed by atoms with van der Waals surface area (Å²) < 4.78 is 7.79. The van der Waals surface area contributed by atoms with E-state index in [0.717, 1.165) is 9.48 Å². The third-order valence-electron chi connectivity index (χ3n) is 2.85. The van der Waals surface area contributed by atoms with Gasteiger partial charge in [-0.1, -0.05) is 17.4 Å². The molecule has 3 rings (SSSR count). The average molecular weight is 325 g/mol. The summed E-state index contributed by atoms with van der Waals surface area (Å²) in [5.74, 6) is 0.620. The second-order valence-corrected chi connectivity index (χ2v) is 6.15. The van der Waals surface area contributed by atoms with Crippen LogP contribution in [0.25, 0.3) is 15.9 Å². The first kappa shape index (κ1) is 11.7. The van der Waals surface area contributed by atoms with E-state index in [1.54, 1.807) is 29.7 Å². The smallest absolute Gasteiger partial charge is 0.266 e. The Morgan fingerprint density at radius 3 is 2.94 bits per heavy atom. The molecule has 0 radical (unpaired) electrons. The van der Waals surface area contributed by atoms with E-state index in [1.165, 1.54) is 11.3 Å². The zero-order chi connectivity index (χ0) is 12.9. The Morgan fingerprint density at radius 2 is 2.22 bits per heavy atom. The van der Waals surface area contributed by atoms with Crippen molar-refractivity contribution in [1.82, 2.24) is 9.38 Å². The maximum absolute atomic E-state index is 12.4. The summed E-state index contributed by atoms with van der Waals surface area (Å²) in [6.07, 6.45) is 0. The monoisotopic (exact) mass is 324 g/mol. The molecule has 0 N–H and O–H groups in total. The quantitative estimate of drug-likeness (QED) is 0.691. The van der Waals surface area contributed by atoms with E-state index in [9.17, 15) is 4.79 Å². The van der Waals surface area contributed by atoms with Gasteiger partial charge in [-0.15, -0.1) is 0 Å². The van der Waals surface area contributed by atoms with Crippen molar-refractivity contribution in [3.05, 3.63) is 38.0 Å². The second kappa shape index (κ2) is 4.07. The van der Waals surface area contributed by atoms with Crippen LogP contribution < -0.4 is 10.3 Å². The predicted octanol–water partition coefficient (Wildman–Crippen LogP) is 2.99. The number of aromatic nitrogens is 2. The van der Waals surface area contributed by atoms with Gasteiger partial charge in [0.05, 0.1) is 16.3 Å². The normalized spacial score (nSPS) is 11.3. The highest BCUT2D eigenvalue weighted by molar-refractivity contribution is 9.11. The molecular weight excluding hydrogens is 316 g/mol. The van der Waals surface area contributed by atoms with Crippen LogP contribution in [0.15, 0.2) is 26.8 Å². The topological polar surface area (TPSA) is 43.6 Å². The summed E-state index contributed by atoms with van der Waals surface area (Å²) in [5.41, 5.74) is 1.42. The number of thiazole rings is 1. The van der Waals surface area contributed by atoms with Crippen molar-refractivity contribution < 1.29 is 4.74 Å². The molecule has 0 spiro atoms. The van der Waals surface area contributed by atoms with Gasteiger partial charge in [-0.3, -0.25) is 9.20 Å². The lowest BCUT2D eigenvalue weighted by atomic mass is 10.2. The summed E-state index contributed by atoms with van der Waals surface area (Å²) in [6.45, 7) is 1.89. The molecule has 0 aliphatic carbocycles. The molecule has 2 heterocycles. The SMILES string of the molecule is COc1cccc2c(=O)n3c(C)c(Br)sc3nc12. The largest absolute Gasteiger partial charge is 0.494 e. The van der Waals surface area contributed by atoms with Crippen LogP contribution >= 0.6 is 27.3 Å². The minimum Gasteiger partial charge on any atom is -0.494 e. The van der Waals surface area contributed by atoms with E-state index in [1.807, 2.05) is 6.92 Å². The number of ether oxygens (including phenoxy) is 1. The molecule has 0 fully saturated rings. The summed E-state index contributed by atoms with van der Waals surface area (Å²) in [5, 5.41) is 0.570. The Kier molecular flexibility index (Phi) is 2.64. The lowest BCUT2D eigenvalue weighted by Gasteiger charge is -2.04. The molecule has 92 valence electrons. The molecule has 0 bridgehead atoms. The van der Waals surface area contributed by atoms with Gasteiger partial charge in [-0.25, -0.2) is 4.98 Å². The molecule has 0 aliphatic heterocycles. The van der Waals surface area contributed by atoms with Crippen LogP contribution in [0.4, 0.5) is 0 Å². The van der Waals surface area contributed by atoms with Crippen LogP contribution in [0.2, 0.25) is 0 Å². The first-order valence-electron chi connectivity index (χ1n) is 5.28. The van der Waals surface area contributed by atoms with Crippen LogP contribution in [-0.4, -0.2) is 16.5 Å². The highest BCUT2D eigenvalue weighted by Crippen LogP contribution is 2.29. The van der Waals surface area contributed by atoms with Gasteiger partial charge in [0.15, 0.2) is 4.96 Å². The summed E-state index contributed by atoms with van der Waals surface area (Å²) >= 11 is 4.88. The molecule has 1 aromatic carbocycles.